The zero-order valence-electron chi connectivity index (χ0n) is 15.0. The molecule has 0 bridgehead atoms. The lowest BCUT2D eigenvalue weighted by atomic mass is 9.44. The van der Waals surface area contributed by atoms with Crippen LogP contribution < -0.4 is 5.32 Å². The van der Waals surface area contributed by atoms with Gasteiger partial charge in [-0.1, -0.05) is 6.92 Å². The smallest absolute Gasteiger partial charge is 0.220 e. The van der Waals surface area contributed by atoms with Crippen molar-refractivity contribution < 1.29 is 9.90 Å². The van der Waals surface area contributed by atoms with Crippen LogP contribution in [0.25, 0.3) is 0 Å². The summed E-state index contributed by atoms with van der Waals surface area (Å²) in [5.74, 6) is 3.19. The van der Waals surface area contributed by atoms with Gasteiger partial charge in [0, 0.05) is 12.0 Å². The van der Waals surface area contributed by atoms with Crippen molar-refractivity contribution in [1.82, 2.24) is 5.32 Å². The molecule has 7 atom stereocenters. The quantitative estimate of drug-likeness (QED) is 0.716. The maximum Gasteiger partial charge on any atom is 0.220 e. The van der Waals surface area contributed by atoms with Crippen LogP contribution in [0.1, 0.15) is 78.6 Å². The van der Waals surface area contributed by atoms with Crippen molar-refractivity contribution in [3.8, 4) is 0 Å². The van der Waals surface area contributed by atoms with Gasteiger partial charge in [0.25, 0.3) is 0 Å². The van der Waals surface area contributed by atoms with Gasteiger partial charge in [0.1, 0.15) is 0 Å². The minimum atomic E-state index is -0.445. The van der Waals surface area contributed by atoms with Crippen LogP contribution in [-0.4, -0.2) is 22.2 Å². The lowest BCUT2D eigenvalue weighted by Crippen LogP contribution is -2.64. The van der Waals surface area contributed by atoms with E-state index in [9.17, 15) is 9.90 Å². The molecule has 0 radical (unpaired) electrons. The Morgan fingerprint density at radius 1 is 1.00 bits per heavy atom. The van der Waals surface area contributed by atoms with E-state index in [1.807, 2.05) is 6.92 Å². The summed E-state index contributed by atoms with van der Waals surface area (Å²) in [4.78, 5) is 11.9. The van der Waals surface area contributed by atoms with Gasteiger partial charge in [-0.2, -0.15) is 0 Å². The van der Waals surface area contributed by atoms with E-state index in [0.29, 0.717) is 17.3 Å². The number of carbonyl (C=O) groups is 1. The van der Waals surface area contributed by atoms with Gasteiger partial charge in [0.05, 0.1) is 5.60 Å². The van der Waals surface area contributed by atoms with Crippen molar-refractivity contribution in [3.05, 3.63) is 0 Å². The molecule has 1 aliphatic heterocycles. The van der Waals surface area contributed by atoms with E-state index in [2.05, 4.69) is 19.2 Å². The van der Waals surface area contributed by atoms with Crippen molar-refractivity contribution in [2.75, 3.05) is 0 Å². The number of hydrogen-bond acceptors (Lipinski definition) is 2. The highest BCUT2D eigenvalue weighted by molar-refractivity contribution is 5.77. The van der Waals surface area contributed by atoms with Gasteiger partial charge < -0.3 is 10.4 Å². The Morgan fingerprint density at radius 3 is 2.57 bits per heavy atom. The predicted octanol–water partition coefficient (Wildman–Crippen LogP) is 3.65. The second-order valence-electron chi connectivity index (χ2n) is 9.90. The van der Waals surface area contributed by atoms with Crippen LogP contribution in [0, 0.1) is 29.1 Å². The molecule has 4 rings (SSSR count). The molecule has 0 aromatic carbocycles. The molecule has 1 saturated heterocycles. The fourth-order valence-electron chi connectivity index (χ4n) is 7.11. The van der Waals surface area contributed by atoms with Gasteiger partial charge in [-0.15, -0.1) is 0 Å². The highest BCUT2D eigenvalue weighted by Gasteiger charge is 2.58. The SMILES string of the molecule is C[C@@]1(O)CC[C@@]2(C)[C@@H](CC[C@@H]3[C@@H]2CC[C@]2(C)NC(=O)CC[C@@H]32)C1. The Morgan fingerprint density at radius 2 is 1.78 bits per heavy atom. The summed E-state index contributed by atoms with van der Waals surface area (Å²) in [6.45, 7) is 6.85. The van der Waals surface area contributed by atoms with Gasteiger partial charge in [0.15, 0.2) is 0 Å². The number of amides is 1. The maximum atomic E-state index is 11.9. The van der Waals surface area contributed by atoms with E-state index in [-0.39, 0.29) is 11.4 Å². The minimum absolute atomic E-state index is 0.0415. The third kappa shape index (κ3) is 2.37. The van der Waals surface area contributed by atoms with Gasteiger partial charge in [-0.3, -0.25) is 4.79 Å². The second kappa shape index (κ2) is 4.97. The van der Waals surface area contributed by atoms with Crippen molar-refractivity contribution in [2.24, 2.45) is 29.1 Å². The van der Waals surface area contributed by atoms with Gasteiger partial charge in [0.2, 0.25) is 5.91 Å². The Bertz CT molecular complexity index is 516. The molecule has 23 heavy (non-hydrogen) atoms. The molecule has 1 amide bonds. The molecule has 0 aromatic heterocycles. The molecule has 0 aromatic rings. The molecule has 4 fully saturated rings. The van der Waals surface area contributed by atoms with Crippen LogP contribution in [0.5, 0.6) is 0 Å². The van der Waals surface area contributed by atoms with Crippen LogP contribution in [0.2, 0.25) is 0 Å². The number of fused-ring (bicyclic) bond motifs is 5. The third-order valence-electron chi connectivity index (χ3n) is 8.45. The Kier molecular flexibility index (Phi) is 3.44. The first kappa shape index (κ1) is 15.9. The molecule has 1 heterocycles. The summed E-state index contributed by atoms with van der Waals surface area (Å²) in [5, 5.41) is 13.9. The normalized spacial score (nSPS) is 56.1. The standard InChI is InChI=1S/C20H33NO2/c1-18(23)10-11-19(2)13(12-18)4-5-14-15(19)8-9-20(3)16(14)6-7-17(22)21-20/h13-16,23H,4-12H2,1-3H3,(H,21,22)/t13-,14+,15-,16-,18+,19-,20-/m0/s1. The van der Waals surface area contributed by atoms with Crippen LogP contribution in [0.4, 0.5) is 0 Å². The summed E-state index contributed by atoms with van der Waals surface area (Å²) >= 11 is 0. The second-order valence-corrected chi connectivity index (χ2v) is 9.90. The predicted molar refractivity (Wildman–Crippen MR) is 90.8 cm³/mol. The van der Waals surface area contributed by atoms with E-state index >= 15 is 0 Å². The molecule has 3 aliphatic carbocycles. The number of rotatable bonds is 0. The number of hydrogen-bond donors (Lipinski definition) is 2. The summed E-state index contributed by atoms with van der Waals surface area (Å²) < 4.78 is 0. The molecular formula is C20H33NO2. The van der Waals surface area contributed by atoms with Crippen LogP contribution in [0.3, 0.4) is 0 Å². The van der Waals surface area contributed by atoms with E-state index in [4.69, 9.17) is 0 Å². The fourth-order valence-corrected chi connectivity index (χ4v) is 7.11. The summed E-state index contributed by atoms with van der Waals surface area (Å²) in [7, 11) is 0. The Balaban J connectivity index is 1.60. The fraction of sp³-hybridized carbons (Fsp3) is 0.950. The van der Waals surface area contributed by atoms with Gasteiger partial charge in [-0.25, -0.2) is 0 Å². The Hall–Kier alpha value is -0.570. The first-order valence-corrected chi connectivity index (χ1v) is 9.77. The van der Waals surface area contributed by atoms with Gasteiger partial charge >= 0.3 is 0 Å². The van der Waals surface area contributed by atoms with Crippen molar-refractivity contribution >= 4 is 5.91 Å². The molecule has 3 heteroatoms. The number of piperidine rings is 1. The summed E-state index contributed by atoms with van der Waals surface area (Å²) in [6.07, 6.45) is 9.91. The lowest BCUT2D eigenvalue weighted by Gasteiger charge is -2.63. The zero-order chi connectivity index (χ0) is 16.5. The molecular weight excluding hydrogens is 286 g/mol. The third-order valence-corrected chi connectivity index (χ3v) is 8.45. The van der Waals surface area contributed by atoms with E-state index in [1.54, 1.807) is 0 Å². The Labute approximate surface area is 140 Å². The van der Waals surface area contributed by atoms with Crippen molar-refractivity contribution in [2.45, 2.75) is 89.7 Å². The maximum absolute atomic E-state index is 11.9. The molecule has 3 saturated carbocycles. The number of nitrogens with one attached hydrogen (secondary N) is 1. The summed E-state index contributed by atoms with van der Waals surface area (Å²) in [5.41, 5.74) is 0.00675. The van der Waals surface area contributed by atoms with E-state index in [1.165, 1.54) is 25.7 Å². The molecule has 0 unspecified atom stereocenters. The van der Waals surface area contributed by atoms with E-state index < -0.39 is 5.60 Å². The molecule has 4 aliphatic rings. The van der Waals surface area contributed by atoms with Crippen molar-refractivity contribution in [1.29, 1.82) is 0 Å². The van der Waals surface area contributed by atoms with Crippen molar-refractivity contribution in [3.63, 3.8) is 0 Å². The molecule has 2 N–H and O–H groups in total. The average Bonchev–Trinajstić information content (AvgIpc) is 2.46. The van der Waals surface area contributed by atoms with E-state index in [0.717, 1.165) is 43.9 Å². The largest absolute Gasteiger partial charge is 0.390 e. The highest BCUT2D eigenvalue weighted by atomic mass is 16.3. The topological polar surface area (TPSA) is 49.3 Å². The molecule has 3 nitrogen and oxygen atoms in total. The zero-order valence-corrected chi connectivity index (χ0v) is 15.0. The van der Waals surface area contributed by atoms with Crippen LogP contribution in [-0.2, 0) is 4.79 Å². The first-order valence-electron chi connectivity index (χ1n) is 9.77. The number of aliphatic hydroxyl groups is 1. The molecule has 0 spiro atoms. The molecule has 130 valence electrons. The number of carbonyl (C=O) groups excluding carboxylic acids is 1. The monoisotopic (exact) mass is 319 g/mol. The average molecular weight is 319 g/mol. The van der Waals surface area contributed by atoms with Gasteiger partial charge in [-0.05, 0) is 94.3 Å². The van der Waals surface area contributed by atoms with Crippen LogP contribution in [0.15, 0.2) is 0 Å². The summed E-state index contributed by atoms with van der Waals surface area (Å²) in [6, 6.07) is 0. The van der Waals surface area contributed by atoms with Crippen LogP contribution >= 0.6 is 0 Å². The first-order chi connectivity index (χ1) is 10.7. The minimum Gasteiger partial charge on any atom is -0.390 e. The highest BCUT2D eigenvalue weighted by Crippen LogP contribution is 2.63. The lowest BCUT2D eigenvalue weighted by molar-refractivity contribution is -0.151.